The molecule has 0 spiro atoms. The van der Waals surface area contributed by atoms with Gasteiger partial charge in [0.1, 0.15) is 0 Å². The molecule has 0 fully saturated rings. The van der Waals surface area contributed by atoms with Crippen molar-refractivity contribution in [2.45, 2.75) is 20.8 Å². The molecule has 0 aromatic heterocycles. The van der Waals surface area contributed by atoms with Gasteiger partial charge in [-0.1, -0.05) is 0 Å². The summed E-state index contributed by atoms with van der Waals surface area (Å²) in [7, 11) is -1.40. The summed E-state index contributed by atoms with van der Waals surface area (Å²) in [6, 6.07) is 12.5. The monoisotopic (exact) mass is 328 g/mol. The zero-order valence-electron chi connectivity index (χ0n) is 10.9. The molecule has 0 amide bonds. The summed E-state index contributed by atoms with van der Waals surface area (Å²) >= 11 is 0. The average Bonchev–Trinajstić information content (AvgIpc) is 2.33. The summed E-state index contributed by atoms with van der Waals surface area (Å²) in [5.74, 6) is 0. The van der Waals surface area contributed by atoms with Crippen molar-refractivity contribution >= 4 is 55.0 Å². The Bertz CT molecular complexity index is 183. The van der Waals surface area contributed by atoms with Crippen molar-refractivity contribution in [3.8, 4) is 0 Å². The molecule has 0 bridgehead atoms. The van der Waals surface area contributed by atoms with E-state index in [-0.39, 0.29) is 45.5 Å². The van der Waals surface area contributed by atoms with E-state index in [1.165, 1.54) is 0 Å². The van der Waals surface area contributed by atoms with Gasteiger partial charge < -0.3 is 13.3 Å². The first-order valence-electron chi connectivity index (χ1n) is 5.51. The minimum absolute atomic E-state index is 0. The fraction of sp³-hybridized carbons (Fsp3) is 0.500. The van der Waals surface area contributed by atoms with Crippen molar-refractivity contribution in [2.75, 3.05) is 19.8 Å². The Morgan fingerprint density at radius 2 is 1.24 bits per heavy atom. The van der Waals surface area contributed by atoms with E-state index in [1.807, 2.05) is 51.1 Å². The van der Waals surface area contributed by atoms with E-state index < -0.39 is 9.53 Å². The molecule has 0 N–H and O–H groups in total. The van der Waals surface area contributed by atoms with Crippen LogP contribution in [0.15, 0.2) is 30.3 Å². The van der Waals surface area contributed by atoms with Crippen LogP contribution in [0.4, 0.5) is 0 Å². The molecule has 1 rings (SSSR count). The van der Waals surface area contributed by atoms with Gasteiger partial charge in [-0.15, -0.1) is 0 Å². The van der Waals surface area contributed by atoms with Crippen LogP contribution in [0, 0.1) is 6.07 Å². The van der Waals surface area contributed by atoms with Gasteiger partial charge in [0.25, 0.3) is 0 Å². The van der Waals surface area contributed by atoms with Gasteiger partial charge in [0.05, 0.1) is 0 Å². The van der Waals surface area contributed by atoms with E-state index in [0.29, 0.717) is 19.8 Å². The largest absolute Gasteiger partial charge is 2.00 e. The molecule has 0 unspecified atom stereocenters. The smallest absolute Gasteiger partial charge is 0.542 e. The molecule has 5 heteroatoms. The maximum atomic E-state index is 5.18. The van der Waals surface area contributed by atoms with Gasteiger partial charge in [-0.3, -0.25) is 0 Å². The number of rotatable bonds is 6. The first-order valence-corrected chi connectivity index (χ1v) is 6.74. The van der Waals surface area contributed by atoms with Crippen molar-refractivity contribution in [2.24, 2.45) is 0 Å². The van der Waals surface area contributed by atoms with E-state index in [1.54, 1.807) is 0 Å². The van der Waals surface area contributed by atoms with E-state index in [4.69, 9.17) is 13.3 Å². The first kappa shape index (κ1) is 20.1. The molecule has 92 valence electrons. The van der Waals surface area contributed by atoms with Crippen molar-refractivity contribution in [1.82, 2.24) is 0 Å². The van der Waals surface area contributed by atoms with Gasteiger partial charge in [0, 0.05) is 19.8 Å². The van der Waals surface area contributed by atoms with Crippen LogP contribution in [0.5, 0.6) is 0 Å². The topological polar surface area (TPSA) is 27.7 Å². The Hall–Kier alpha value is 0.797. The average molecular weight is 328 g/mol. The molecule has 17 heavy (non-hydrogen) atoms. The molecule has 0 atom stereocenters. The fourth-order valence-electron chi connectivity index (χ4n) is 0.820. The summed E-state index contributed by atoms with van der Waals surface area (Å²) in [6.07, 6.45) is 0. The van der Waals surface area contributed by atoms with Gasteiger partial charge >= 0.3 is 45.5 Å². The van der Waals surface area contributed by atoms with Crippen LogP contribution in [0.25, 0.3) is 0 Å². The Morgan fingerprint density at radius 1 is 0.824 bits per heavy atom. The standard InChI is InChI=1S/C6H15O3Si.C6H5.Sr/c1-4-7-10(8-5-2)9-6-3;1-2-4-6-5-3-1;/h4-6H2,1-3H3;1-5H;/q2*-1;+2. The Morgan fingerprint density at radius 3 is 1.41 bits per heavy atom. The molecule has 0 heterocycles. The number of hydrogen-bond donors (Lipinski definition) is 0. The zero-order chi connectivity index (χ0) is 12.1. The third-order valence-corrected chi connectivity index (χ3v) is 2.97. The molecule has 0 radical (unpaired) electrons. The van der Waals surface area contributed by atoms with E-state index in [2.05, 4.69) is 6.07 Å². The Labute approximate surface area is 144 Å². The minimum atomic E-state index is -1.40. The fourth-order valence-corrected chi connectivity index (χ4v) is 1.78. The summed E-state index contributed by atoms with van der Waals surface area (Å²) in [4.78, 5) is 0. The second-order valence-corrected chi connectivity index (χ2v) is 3.99. The molecule has 0 aliphatic heterocycles. The van der Waals surface area contributed by atoms with Crippen LogP contribution >= 0.6 is 0 Å². The van der Waals surface area contributed by atoms with E-state index in [0.717, 1.165) is 0 Å². The minimum Gasteiger partial charge on any atom is -0.542 e. The molecule has 0 saturated carbocycles. The Balaban J connectivity index is 0. The summed E-state index contributed by atoms with van der Waals surface area (Å²) < 4.78 is 15.5. The molecule has 1 aromatic carbocycles. The predicted octanol–water partition coefficient (Wildman–Crippen LogP) is 2.19. The first-order chi connectivity index (χ1) is 7.85. The van der Waals surface area contributed by atoms with Gasteiger partial charge in [0.15, 0.2) is 0 Å². The number of hydrogen-bond acceptors (Lipinski definition) is 3. The molecule has 1 aromatic rings. The molecule has 0 aliphatic rings. The summed E-state index contributed by atoms with van der Waals surface area (Å²) in [5, 5.41) is 0. The second kappa shape index (κ2) is 16.8. The van der Waals surface area contributed by atoms with E-state index >= 15 is 0 Å². The third-order valence-electron chi connectivity index (χ3n) is 1.39. The summed E-state index contributed by atoms with van der Waals surface area (Å²) in [5.41, 5.74) is 0. The predicted molar refractivity (Wildman–Crippen MR) is 71.7 cm³/mol. The third kappa shape index (κ3) is 14.7. The van der Waals surface area contributed by atoms with Gasteiger partial charge in [-0.05, 0) is 20.8 Å². The molecule has 0 saturated heterocycles. The summed E-state index contributed by atoms with van der Waals surface area (Å²) in [6.45, 7) is 7.78. The SMILES string of the molecule is CCO[Si-](OCC)OCC.[Sr+2].[c-]1ccccc1. The van der Waals surface area contributed by atoms with Gasteiger partial charge in [0.2, 0.25) is 9.53 Å². The van der Waals surface area contributed by atoms with E-state index in [9.17, 15) is 0 Å². The van der Waals surface area contributed by atoms with Crippen LogP contribution in [-0.2, 0) is 13.3 Å². The van der Waals surface area contributed by atoms with Crippen LogP contribution < -0.4 is 0 Å². The van der Waals surface area contributed by atoms with Crippen molar-refractivity contribution < 1.29 is 13.3 Å². The molecular formula is C12H20O3SiSr. The van der Waals surface area contributed by atoms with Crippen LogP contribution in [0.1, 0.15) is 20.8 Å². The molecule has 0 aliphatic carbocycles. The normalized spacial score (nSPS) is 9.18. The number of benzene rings is 1. The Kier molecular flexibility index (Phi) is 19.9. The van der Waals surface area contributed by atoms with Crippen molar-refractivity contribution in [3.05, 3.63) is 36.4 Å². The van der Waals surface area contributed by atoms with Crippen LogP contribution in [0.2, 0.25) is 0 Å². The molecular weight excluding hydrogens is 308 g/mol. The van der Waals surface area contributed by atoms with Gasteiger partial charge in [-0.2, -0.15) is 36.4 Å². The van der Waals surface area contributed by atoms with Crippen molar-refractivity contribution in [3.63, 3.8) is 0 Å². The quantitative estimate of drug-likeness (QED) is 0.592. The maximum Gasteiger partial charge on any atom is 2.00 e. The van der Waals surface area contributed by atoms with Gasteiger partial charge in [-0.25, -0.2) is 0 Å². The zero-order valence-corrected chi connectivity index (χ0v) is 15.4. The molecule has 3 nitrogen and oxygen atoms in total. The maximum absolute atomic E-state index is 5.18. The van der Waals surface area contributed by atoms with Crippen LogP contribution in [-0.4, -0.2) is 74.8 Å². The van der Waals surface area contributed by atoms with Crippen LogP contribution in [0.3, 0.4) is 0 Å². The van der Waals surface area contributed by atoms with Crippen molar-refractivity contribution in [1.29, 1.82) is 0 Å². The second-order valence-electron chi connectivity index (χ2n) is 2.63.